The average molecular weight is 169 g/mol. The molecule has 0 fully saturated rings. The molecular formula is C10H19NO. The molecule has 1 aromatic rings. The average Bonchev–Trinajstić information content (AvgIpc) is 2.08. The Labute approximate surface area is 74.7 Å². The van der Waals surface area contributed by atoms with Gasteiger partial charge in [0.25, 0.3) is 0 Å². The van der Waals surface area contributed by atoms with Gasteiger partial charge in [-0.3, -0.25) is 0 Å². The Morgan fingerprint density at radius 3 is 1.75 bits per heavy atom. The molecule has 12 heavy (non-hydrogen) atoms. The van der Waals surface area contributed by atoms with Gasteiger partial charge in [-0.1, -0.05) is 50.6 Å². The van der Waals surface area contributed by atoms with Crippen molar-refractivity contribution in [3.63, 3.8) is 0 Å². The molecule has 0 aliphatic rings. The Bertz CT molecular complexity index is 163. The van der Waals surface area contributed by atoms with Crippen LogP contribution in [0.2, 0.25) is 0 Å². The van der Waals surface area contributed by atoms with Gasteiger partial charge in [-0.2, -0.15) is 0 Å². The van der Waals surface area contributed by atoms with E-state index in [4.69, 9.17) is 5.73 Å². The number of nitrogens with two attached hydrogens (primary N) is 1. The summed E-state index contributed by atoms with van der Waals surface area (Å²) in [5.74, 6) is 0. The van der Waals surface area contributed by atoms with E-state index in [9.17, 15) is 0 Å². The number of hydrogen-bond donors (Lipinski definition) is 1. The van der Waals surface area contributed by atoms with E-state index in [-0.39, 0.29) is 5.48 Å². The third-order valence-electron chi connectivity index (χ3n) is 1.08. The van der Waals surface area contributed by atoms with Gasteiger partial charge in [-0.15, -0.1) is 0 Å². The molecule has 0 aliphatic carbocycles. The molecule has 1 aromatic carbocycles. The highest BCUT2D eigenvalue weighted by atomic mass is 16.0. The van der Waals surface area contributed by atoms with Crippen molar-refractivity contribution in [3.05, 3.63) is 35.9 Å². The Hall–Kier alpha value is -0.860. The van der Waals surface area contributed by atoms with Crippen molar-refractivity contribution in [1.29, 1.82) is 0 Å². The smallest absolute Gasteiger partial charge is 0.0178 e. The van der Waals surface area contributed by atoms with Crippen LogP contribution in [0, 0.1) is 0 Å². The zero-order valence-electron chi connectivity index (χ0n) is 7.88. The lowest BCUT2D eigenvalue weighted by Gasteiger charge is -1.90. The first kappa shape index (κ1) is 13.7. The largest absolute Gasteiger partial charge is 0.412 e. The molecule has 0 bridgehead atoms. The number of hydrogen-bond acceptors (Lipinski definition) is 1. The van der Waals surface area contributed by atoms with Crippen LogP contribution >= 0.6 is 0 Å². The summed E-state index contributed by atoms with van der Waals surface area (Å²) in [5.41, 5.74) is 6.54. The van der Waals surface area contributed by atoms with Crippen LogP contribution in [0.1, 0.15) is 25.8 Å². The molecule has 2 nitrogen and oxygen atoms in total. The van der Waals surface area contributed by atoms with Crippen LogP contribution in [-0.2, 0) is 6.54 Å². The van der Waals surface area contributed by atoms with Crippen LogP contribution in [0.15, 0.2) is 30.3 Å². The van der Waals surface area contributed by atoms with Gasteiger partial charge in [0.15, 0.2) is 0 Å². The van der Waals surface area contributed by atoms with E-state index in [0.717, 1.165) is 0 Å². The van der Waals surface area contributed by atoms with Crippen LogP contribution in [0.4, 0.5) is 0 Å². The molecule has 0 spiro atoms. The van der Waals surface area contributed by atoms with E-state index in [2.05, 4.69) is 13.8 Å². The molecule has 70 valence electrons. The van der Waals surface area contributed by atoms with Crippen molar-refractivity contribution in [2.75, 3.05) is 0 Å². The molecule has 4 N–H and O–H groups in total. The van der Waals surface area contributed by atoms with Crippen molar-refractivity contribution in [2.45, 2.75) is 26.8 Å². The van der Waals surface area contributed by atoms with Gasteiger partial charge in [0.1, 0.15) is 0 Å². The molecular weight excluding hydrogens is 150 g/mol. The fraction of sp³-hybridized carbons (Fsp3) is 0.400. The van der Waals surface area contributed by atoms with Crippen LogP contribution in [0.5, 0.6) is 0 Å². The zero-order chi connectivity index (χ0) is 8.53. The Morgan fingerprint density at radius 2 is 1.50 bits per heavy atom. The standard InChI is InChI=1S/C7H9N.C3H8.H2O/c8-6-7-4-2-1-3-5-7;1-3-2;/h1-5H,6,8H2;3H2,1-2H3;1H2. The van der Waals surface area contributed by atoms with Crippen LogP contribution < -0.4 is 5.73 Å². The van der Waals surface area contributed by atoms with Gasteiger partial charge in [-0.05, 0) is 5.56 Å². The molecule has 2 heteroatoms. The van der Waals surface area contributed by atoms with Gasteiger partial charge in [0, 0.05) is 6.54 Å². The highest BCUT2D eigenvalue weighted by Crippen LogP contribution is 1.94. The Kier molecular flexibility index (Phi) is 11.6. The molecule has 1 rings (SSSR count). The van der Waals surface area contributed by atoms with Gasteiger partial charge in [0.2, 0.25) is 0 Å². The summed E-state index contributed by atoms with van der Waals surface area (Å²) in [7, 11) is 0. The fourth-order valence-electron chi connectivity index (χ4n) is 0.614. The normalized spacial score (nSPS) is 7.58. The molecule has 0 radical (unpaired) electrons. The highest BCUT2D eigenvalue weighted by molar-refractivity contribution is 5.13. The second kappa shape index (κ2) is 10.1. The van der Waals surface area contributed by atoms with E-state index in [1.807, 2.05) is 30.3 Å². The van der Waals surface area contributed by atoms with E-state index in [1.165, 1.54) is 12.0 Å². The van der Waals surface area contributed by atoms with Gasteiger partial charge in [-0.25, -0.2) is 0 Å². The maximum Gasteiger partial charge on any atom is 0.0178 e. The first-order chi connectivity index (χ1) is 5.35. The van der Waals surface area contributed by atoms with Crippen LogP contribution in [0.3, 0.4) is 0 Å². The predicted octanol–water partition coefficient (Wildman–Crippen LogP) is 1.74. The second-order valence-corrected chi connectivity index (χ2v) is 2.40. The summed E-state index contributed by atoms with van der Waals surface area (Å²) in [6.45, 7) is 4.89. The minimum atomic E-state index is 0. The Balaban J connectivity index is 0. The van der Waals surface area contributed by atoms with E-state index >= 15 is 0 Å². The van der Waals surface area contributed by atoms with Crippen molar-refractivity contribution < 1.29 is 5.48 Å². The summed E-state index contributed by atoms with van der Waals surface area (Å²) in [5, 5.41) is 0. The summed E-state index contributed by atoms with van der Waals surface area (Å²) in [6.07, 6.45) is 1.25. The molecule has 0 aromatic heterocycles. The Morgan fingerprint density at radius 1 is 1.08 bits per heavy atom. The topological polar surface area (TPSA) is 57.5 Å². The lowest BCUT2D eigenvalue weighted by molar-refractivity contribution is 0.824. The third kappa shape index (κ3) is 7.25. The van der Waals surface area contributed by atoms with Crippen molar-refractivity contribution in [3.8, 4) is 0 Å². The summed E-state index contributed by atoms with van der Waals surface area (Å²) < 4.78 is 0. The number of rotatable bonds is 1. The SMILES string of the molecule is CCC.NCc1ccccc1.O. The van der Waals surface area contributed by atoms with E-state index in [1.54, 1.807) is 0 Å². The van der Waals surface area contributed by atoms with E-state index in [0.29, 0.717) is 6.54 Å². The monoisotopic (exact) mass is 169 g/mol. The fourth-order valence-corrected chi connectivity index (χ4v) is 0.614. The maximum absolute atomic E-state index is 5.35. The second-order valence-electron chi connectivity index (χ2n) is 2.40. The molecule has 0 unspecified atom stereocenters. The minimum Gasteiger partial charge on any atom is -0.412 e. The molecule has 0 atom stereocenters. The van der Waals surface area contributed by atoms with Crippen LogP contribution in [0.25, 0.3) is 0 Å². The summed E-state index contributed by atoms with van der Waals surface area (Å²) in [4.78, 5) is 0. The highest BCUT2D eigenvalue weighted by Gasteiger charge is 1.80. The molecule has 0 aliphatic heterocycles. The van der Waals surface area contributed by atoms with Crippen molar-refractivity contribution in [1.82, 2.24) is 0 Å². The van der Waals surface area contributed by atoms with Gasteiger partial charge in [0.05, 0.1) is 0 Å². The first-order valence-electron chi connectivity index (χ1n) is 4.09. The number of benzene rings is 1. The molecule has 0 saturated carbocycles. The summed E-state index contributed by atoms with van der Waals surface area (Å²) in [6, 6.07) is 9.99. The van der Waals surface area contributed by atoms with Gasteiger partial charge >= 0.3 is 0 Å². The van der Waals surface area contributed by atoms with Crippen molar-refractivity contribution in [2.24, 2.45) is 5.73 Å². The quantitative estimate of drug-likeness (QED) is 0.684. The third-order valence-corrected chi connectivity index (χ3v) is 1.08. The first-order valence-corrected chi connectivity index (χ1v) is 4.09. The van der Waals surface area contributed by atoms with Gasteiger partial charge < -0.3 is 11.2 Å². The van der Waals surface area contributed by atoms with Crippen molar-refractivity contribution >= 4 is 0 Å². The van der Waals surface area contributed by atoms with E-state index < -0.39 is 0 Å². The maximum atomic E-state index is 5.35. The lowest BCUT2D eigenvalue weighted by Crippen LogP contribution is -1.94. The van der Waals surface area contributed by atoms with Crippen LogP contribution in [-0.4, -0.2) is 5.48 Å². The molecule has 0 heterocycles. The lowest BCUT2D eigenvalue weighted by atomic mass is 10.2. The molecule has 0 saturated heterocycles. The summed E-state index contributed by atoms with van der Waals surface area (Å²) >= 11 is 0. The predicted molar refractivity (Wildman–Crippen MR) is 53.9 cm³/mol. The zero-order valence-corrected chi connectivity index (χ0v) is 7.88. The minimum absolute atomic E-state index is 0. The molecule has 0 amide bonds.